The molecule has 4 heteroatoms. The highest BCUT2D eigenvalue weighted by Gasteiger charge is 2.36. The Morgan fingerprint density at radius 2 is 2.00 bits per heavy atom. The van der Waals surface area contributed by atoms with E-state index in [4.69, 9.17) is 4.74 Å². The molecule has 3 atom stereocenters. The summed E-state index contributed by atoms with van der Waals surface area (Å²) in [4.78, 5) is 13.9. The number of carbonyl (C=O) groups is 1. The molecule has 1 amide bonds. The Bertz CT molecular complexity index is 311. The third kappa shape index (κ3) is 3.37. The zero-order valence-corrected chi connectivity index (χ0v) is 12.0. The minimum Gasteiger partial charge on any atom is -0.444 e. The van der Waals surface area contributed by atoms with E-state index < -0.39 is 5.60 Å². The molecule has 0 spiro atoms. The van der Waals surface area contributed by atoms with Crippen molar-refractivity contribution in [1.82, 2.24) is 10.2 Å². The van der Waals surface area contributed by atoms with Gasteiger partial charge >= 0.3 is 6.09 Å². The Morgan fingerprint density at radius 1 is 1.28 bits per heavy atom. The second-order valence-electron chi connectivity index (χ2n) is 6.73. The molecule has 2 saturated heterocycles. The average Bonchev–Trinajstić information content (AvgIpc) is 2.25. The number of nitrogens with zero attached hydrogens (tertiary/aromatic N) is 1. The van der Waals surface area contributed by atoms with Crippen molar-refractivity contribution in [3.8, 4) is 0 Å². The van der Waals surface area contributed by atoms with E-state index in [0.717, 1.165) is 25.4 Å². The van der Waals surface area contributed by atoms with Crippen molar-refractivity contribution in [3.63, 3.8) is 0 Å². The largest absolute Gasteiger partial charge is 0.444 e. The molecule has 1 N–H and O–H groups in total. The predicted octanol–water partition coefficient (Wildman–Crippen LogP) is 2.38. The summed E-state index contributed by atoms with van der Waals surface area (Å²) in [5.41, 5.74) is -0.402. The monoisotopic (exact) mass is 254 g/mol. The van der Waals surface area contributed by atoms with Gasteiger partial charge in [0.1, 0.15) is 5.60 Å². The first-order valence-corrected chi connectivity index (χ1v) is 7.09. The number of rotatable bonds is 0. The summed E-state index contributed by atoms with van der Waals surface area (Å²) in [5.74, 6) is 0.736. The van der Waals surface area contributed by atoms with Crippen molar-refractivity contribution in [2.45, 2.75) is 64.6 Å². The van der Waals surface area contributed by atoms with Crippen LogP contribution in [0.15, 0.2) is 0 Å². The Labute approximate surface area is 110 Å². The SMILES string of the molecule is CC1CCC2CCN(C(=O)OC(C)(C)C)CC2N1. The quantitative estimate of drug-likeness (QED) is 0.721. The van der Waals surface area contributed by atoms with Gasteiger partial charge in [0.2, 0.25) is 0 Å². The van der Waals surface area contributed by atoms with E-state index in [0.29, 0.717) is 12.1 Å². The molecule has 2 fully saturated rings. The molecule has 2 heterocycles. The number of hydrogen-bond acceptors (Lipinski definition) is 3. The number of nitrogens with one attached hydrogen (secondary N) is 1. The van der Waals surface area contributed by atoms with E-state index in [1.807, 2.05) is 25.7 Å². The van der Waals surface area contributed by atoms with Crippen LogP contribution in [0.1, 0.15) is 47.0 Å². The van der Waals surface area contributed by atoms with Crippen LogP contribution >= 0.6 is 0 Å². The lowest BCUT2D eigenvalue weighted by molar-refractivity contribution is 0.00993. The Hall–Kier alpha value is -0.770. The van der Waals surface area contributed by atoms with Crippen molar-refractivity contribution in [2.75, 3.05) is 13.1 Å². The van der Waals surface area contributed by atoms with E-state index >= 15 is 0 Å². The molecule has 0 saturated carbocycles. The van der Waals surface area contributed by atoms with E-state index in [-0.39, 0.29) is 6.09 Å². The van der Waals surface area contributed by atoms with Gasteiger partial charge in [-0.1, -0.05) is 0 Å². The molecule has 2 aliphatic heterocycles. The molecule has 18 heavy (non-hydrogen) atoms. The standard InChI is InChI=1S/C14H26N2O2/c1-10-5-6-11-7-8-16(9-12(11)15-10)13(17)18-14(2,3)4/h10-12,15H,5-9H2,1-4H3. The van der Waals surface area contributed by atoms with E-state index in [9.17, 15) is 4.79 Å². The lowest BCUT2D eigenvalue weighted by Gasteiger charge is -2.43. The summed E-state index contributed by atoms with van der Waals surface area (Å²) in [6.07, 6.45) is 3.49. The average molecular weight is 254 g/mol. The molecule has 3 unspecified atom stereocenters. The molecule has 104 valence electrons. The molecule has 0 bridgehead atoms. The number of likely N-dealkylation sites (tertiary alicyclic amines) is 1. The summed E-state index contributed by atoms with van der Waals surface area (Å²) < 4.78 is 5.44. The zero-order valence-electron chi connectivity index (χ0n) is 12.0. The molecule has 4 nitrogen and oxygen atoms in total. The molecule has 0 radical (unpaired) electrons. The number of ether oxygens (including phenoxy) is 1. The lowest BCUT2D eigenvalue weighted by Crippen LogP contribution is -2.57. The number of carbonyl (C=O) groups excluding carboxylic acids is 1. The Kier molecular flexibility index (Phi) is 3.85. The maximum absolute atomic E-state index is 12.0. The fourth-order valence-corrected chi connectivity index (χ4v) is 2.94. The topological polar surface area (TPSA) is 41.6 Å². The van der Waals surface area contributed by atoms with Crippen LogP contribution in [0.2, 0.25) is 0 Å². The summed E-state index contributed by atoms with van der Waals surface area (Å²) in [6.45, 7) is 9.61. The third-order valence-electron chi connectivity index (χ3n) is 3.88. The van der Waals surface area contributed by atoms with Crippen molar-refractivity contribution in [3.05, 3.63) is 0 Å². The molecule has 0 aromatic carbocycles. The molecule has 0 aliphatic carbocycles. The van der Waals surface area contributed by atoms with Crippen molar-refractivity contribution in [1.29, 1.82) is 0 Å². The van der Waals surface area contributed by atoms with Crippen molar-refractivity contribution in [2.24, 2.45) is 5.92 Å². The second kappa shape index (κ2) is 5.08. The minimum atomic E-state index is -0.402. The van der Waals surface area contributed by atoms with Gasteiger partial charge in [0.25, 0.3) is 0 Å². The number of fused-ring (bicyclic) bond motifs is 1. The van der Waals surface area contributed by atoms with Crippen LogP contribution in [0.4, 0.5) is 4.79 Å². The van der Waals surface area contributed by atoms with Gasteiger partial charge in [-0.15, -0.1) is 0 Å². The summed E-state index contributed by atoms with van der Waals surface area (Å²) >= 11 is 0. The van der Waals surface area contributed by atoms with Crippen LogP contribution < -0.4 is 5.32 Å². The molecule has 0 aromatic heterocycles. The fourth-order valence-electron chi connectivity index (χ4n) is 2.94. The minimum absolute atomic E-state index is 0.166. The molecular weight excluding hydrogens is 228 g/mol. The molecule has 2 aliphatic rings. The van der Waals surface area contributed by atoms with E-state index in [1.165, 1.54) is 12.8 Å². The van der Waals surface area contributed by atoms with Gasteiger partial charge in [0, 0.05) is 25.2 Å². The number of amides is 1. The van der Waals surface area contributed by atoms with Crippen LogP contribution in [-0.4, -0.2) is 41.8 Å². The molecule has 0 aromatic rings. The third-order valence-corrected chi connectivity index (χ3v) is 3.88. The van der Waals surface area contributed by atoms with Gasteiger partial charge in [0.15, 0.2) is 0 Å². The second-order valence-corrected chi connectivity index (χ2v) is 6.73. The van der Waals surface area contributed by atoms with Crippen molar-refractivity contribution >= 4 is 6.09 Å². The van der Waals surface area contributed by atoms with E-state index in [2.05, 4.69) is 12.2 Å². The number of piperidine rings is 2. The van der Waals surface area contributed by atoms with Crippen LogP contribution in [0.3, 0.4) is 0 Å². The van der Waals surface area contributed by atoms with Gasteiger partial charge in [0.05, 0.1) is 0 Å². The predicted molar refractivity (Wildman–Crippen MR) is 71.5 cm³/mol. The lowest BCUT2D eigenvalue weighted by atomic mass is 9.83. The first-order chi connectivity index (χ1) is 8.35. The fraction of sp³-hybridized carbons (Fsp3) is 0.929. The highest BCUT2D eigenvalue weighted by molar-refractivity contribution is 5.68. The van der Waals surface area contributed by atoms with Gasteiger partial charge < -0.3 is 15.0 Å². The summed E-state index contributed by atoms with van der Waals surface area (Å²) in [7, 11) is 0. The first kappa shape index (κ1) is 13.7. The van der Waals surface area contributed by atoms with Gasteiger partial charge in [-0.3, -0.25) is 0 Å². The summed E-state index contributed by atoms with van der Waals surface area (Å²) in [5, 5.41) is 3.62. The van der Waals surface area contributed by atoms with Crippen LogP contribution in [0.25, 0.3) is 0 Å². The van der Waals surface area contributed by atoms with Crippen LogP contribution in [0.5, 0.6) is 0 Å². The van der Waals surface area contributed by atoms with E-state index in [1.54, 1.807) is 0 Å². The van der Waals surface area contributed by atoms with Gasteiger partial charge in [-0.2, -0.15) is 0 Å². The maximum Gasteiger partial charge on any atom is 0.410 e. The molecular formula is C14H26N2O2. The van der Waals surface area contributed by atoms with Crippen molar-refractivity contribution < 1.29 is 9.53 Å². The highest BCUT2D eigenvalue weighted by Crippen LogP contribution is 2.28. The van der Waals surface area contributed by atoms with Crippen LogP contribution in [0, 0.1) is 5.92 Å². The van der Waals surface area contributed by atoms with Gasteiger partial charge in [-0.05, 0) is 52.9 Å². The Balaban J connectivity index is 1.91. The zero-order chi connectivity index (χ0) is 13.3. The maximum atomic E-state index is 12.0. The summed E-state index contributed by atoms with van der Waals surface area (Å²) in [6, 6.07) is 1.03. The molecule has 2 rings (SSSR count). The van der Waals surface area contributed by atoms with Gasteiger partial charge in [-0.25, -0.2) is 4.79 Å². The smallest absolute Gasteiger partial charge is 0.410 e. The normalized spacial score (nSPS) is 32.9. The van der Waals surface area contributed by atoms with Crippen LogP contribution in [-0.2, 0) is 4.74 Å². The first-order valence-electron chi connectivity index (χ1n) is 7.09. The highest BCUT2D eigenvalue weighted by atomic mass is 16.6. The number of hydrogen-bond donors (Lipinski definition) is 1. The Morgan fingerprint density at radius 3 is 2.67 bits per heavy atom.